The summed E-state index contributed by atoms with van der Waals surface area (Å²) in [4.78, 5) is 0. The Morgan fingerprint density at radius 2 is 2.23 bits per heavy atom. The zero-order valence-corrected chi connectivity index (χ0v) is 8.75. The minimum Gasteiger partial charge on any atom is -0.299 e. The fourth-order valence-electron chi connectivity index (χ4n) is 1.49. The Morgan fingerprint density at radius 3 is 2.77 bits per heavy atom. The lowest BCUT2D eigenvalue weighted by Crippen LogP contribution is -2.07. The first-order chi connectivity index (χ1) is 6.24. The van der Waals surface area contributed by atoms with E-state index in [1.807, 2.05) is 0 Å². The average molecular weight is 200 g/mol. The molecule has 1 aliphatic carbocycles. The molecule has 1 atom stereocenters. The molecule has 1 aromatic rings. The molecule has 4 heteroatoms. The van der Waals surface area contributed by atoms with Gasteiger partial charge in [0.2, 0.25) is 5.28 Å². The fraction of sp³-hybridized carbons (Fsp3) is 0.778. The monoisotopic (exact) mass is 199 g/mol. The second-order valence-corrected chi connectivity index (χ2v) is 4.07. The SMILES string of the molecule is CCC(C)n1c(Cl)nnc1C1CC1. The third kappa shape index (κ3) is 1.57. The lowest BCUT2D eigenvalue weighted by Gasteiger charge is -2.13. The van der Waals surface area contributed by atoms with Crippen LogP contribution < -0.4 is 0 Å². The van der Waals surface area contributed by atoms with Crippen LogP contribution >= 0.6 is 11.6 Å². The molecule has 0 N–H and O–H groups in total. The van der Waals surface area contributed by atoms with Crippen LogP contribution in [0.3, 0.4) is 0 Å². The third-order valence-corrected chi connectivity index (χ3v) is 2.91. The van der Waals surface area contributed by atoms with Gasteiger partial charge < -0.3 is 0 Å². The van der Waals surface area contributed by atoms with Crippen molar-refractivity contribution in [3.05, 3.63) is 11.1 Å². The average Bonchev–Trinajstić information content (AvgIpc) is 2.89. The summed E-state index contributed by atoms with van der Waals surface area (Å²) in [5.74, 6) is 1.70. The van der Waals surface area contributed by atoms with Crippen LogP contribution in [0.4, 0.5) is 0 Å². The van der Waals surface area contributed by atoms with Crippen LogP contribution in [0.1, 0.15) is 50.9 Å². The summed E-state index contributed by atoms with van der Waals surface area (Å²) < 4.78 is 2.07. The first kappa shape index (κ1) is 9.00. The zero-order valence-electron chi connectivity index (χ0n) is 8.00. The van der Waals surface area contributed by atoms with Crippen molar-refractivity contribution < 1.29 is 0 Å². The van der Waals surface area contributed by atoms with Crippen molar-refractivity contribution in [3.8, 4) is 0 Å². The van der Waals surface area contributed by atoms with Gasteiger partial charge in [0.15, 0.2) is 0 Å². The van der Waals surface area contributed by atoms with E-state index >= 15 is 0 Å². The maximum atomic E-state index is 5.98. The normalized spacial score (nSPS) is 19.0. The maximum Gasteiger partial charge on any atom is 0.225 e. The van der Waals surface area contributed by atoms with Crippen LogP contribution in [-0.4, -0.2) is 14.8 Å². The summed E-state index contributed by atoms with van der Waals surface area (Å²) in [7, 11) is 0. The molecule has 2 rings (SSSR count). The smallest absolute Gasteiger partial charge is 0.225 e. The molecule has 1 heterocycles. The molecule has 0 aliphatic heterocycles. The van der Waals surface area contributed by atoms with E-state index in [2.05, 4.69) is 28.6 Å². The van der Waals surface area contributed by atoms with E-state index in [1.165, 1.54) is 12.8 Å². The van der Waals surface area contributed by atoms with Gasteiger partial charge in [-0.05, 0) is 37.8 Å². The van der Waals surface area contributed by atoms with Crippen LogP contribution in [-0.2, 0) is 0 Å². The number of hydrogen-bond donors (Lipinski definition) is 0. The molecule has 0 saturated heterocycles. The lowest BCUT2D eigenvalue weighted by atomic mass is 10.2. The molecule has 0 aromatic carbocycles. The highest BCUT2D eigenvalue weighted by Crippen LogP contribution is 2.40. The van der Waals surface area contributed by atoms with Gasteiger partial charge in [-0.3, -0.25) is 4.57 Å². The van der Waals surface area contributed by atoms with Gasteiger partial charge in [-0.15, -0.1) is 10.2 Å². The van der Waals surface area contributed by atoms with E-state index in [-0.39, 0.29) is 0 Å². The van der Waals surface area contributed by atoms with Crippen molar-refractivity contribution >= 4 is 11.6 Å². The topological polar surface area (TPSA) is 30.7 Å². The molecular formula is C9H14ClN3. The van der Waals surface area contributed by atoms with Crippen LogP contribution in [0.15, 0.2) is 0 Å². The Hall–Kier alpha value is -0.570. The molecule has 72 valence electrons. The summed E-state index contributed by atoms with van der Waals surface area (Å²) in [6.45, 7) is 4.30. The Morgan fingerprint density at radius 1 is 1.54 bits per heavy atom. The maximum absolute atomic E-state index is 5.98. The first-order valence-electron chi connectivity index (χ1n) is 4.84. The number of halogens is 1. The summed E-state index contributed by atoms with van der Waals surface area (Å²) >= 11 is 5.98. The molecule has 0 radical (unpaired) electrons. The van der Waals surface area contributed by atoms with Gasteiger partial charge >= 0.3 is 0 Å². The molecule has 0 amide bonds. The van der Waals surface area contributed by atoms with Gasteiger partial charge in [0.05, 0.1) is 0 Å². The summed E-state index contributed by atoms with van der Waals surface area (Å²) in [6, 6.07) is 0.415. The summed E-state index contributed by atoms with van der Waals surface area (Å²) in [5, 5.41) is 8.59. The van der Waals surface area contributed by atoms with Gasteiger partial charge in [-0.1, -0.05) is 6.92 Å². The van der Waals surface area contributed by atoms with Crippen LogP contribution in [0.25, 0.3) is 0 Å². The highest BCUT2D eigenvalue weighted by atomic mass is 35.5. The summed E-state index contributed by atoms with van der Waals surface area (Å²) in [5.41, 5.74) is 0. The molecule has 1 saturated carbocycles. The van der Waals surface area contributed by atoms with E-state index in [9.17, 15) is 0 Å². The third-order valence-electron chi connectivity index (χ3n) is 2.65. The molecular weight excluding hydrogens is 186 g/mol. The second kappa shape index (κ2) is 3.29. The van der Waals surface area contributed by atoms with Crippen molar-refractivity contribution in [1.82, 2.24) is 14.8 Å². The predicted molar refractivity (Wildman–Crippen MR) is 52.0 cm³/mol. The van der Waals surface area contributed by atoms with Gasteiger partial charge in [0.25, 0.3) is 0 Å². The van der Waals surface area contributed by atoms with Crippen molar-refractivity contribution in [2.24, 2.45) is 0 Å². The predicted octanol–water partition coefficient (Wildman–Crippen LogP) is 2.78. The molecule has 13 heavy (non-hydrogen) atoms. The van der Waals surface area contributed by atoms with Gasteiger partial charge in [-0.25, -0.2) is 0 Å². The van der Waals surface area contributed by atoms with Crippen molar-refractivity contribution in [3.63, 3.8) is 0 Å². The van der Waals surface area contributed by atoms with Crippen molar-refractivity contribution in [1.29, 1.82) is 0 Å². The van der Waals surface area contributed by atoms with E-state index in [0.29, 0.717) is 17.2 Å². The molecule has 1 aromatic heterocycles. The fourth-order valence-corrected chi connectivity index (χ4v) is 1.78. The largest absolute Gasteiger partial charge is 0.299 e. The molecule has 0 spiro atoms. The Balaban J connectivity index is 2.33. The highest BCUT2D eigenvalue weighted by Gasteiger charge is 2.31. The molecule has 1 fully saturated rings. The first-order valence-corrected chi connectivity index (χ1v) is 5.22. The van der Waals surface area contributed by atoms with Crippen LogP contribution in [0.2, 0.25) is 5.28 Å². The van der Waals surface area contributed by atoms with Gasteiger partial charge in [0.1, 0.15) is 5.82 Å². The second-order valence-electron chi connectivity index (χ2n) is 3.73. The van der Waals surface area contributed by atoms with Crippen LogP contribution in [0.5, 0.6) is 0 Å². The summed E-state index contributed by atoms with van der Waals surface area (Å²) in [6.07, 6.45) is 3.55. The van der Waals surface area contributed by atoms with Crippen LogP contribution in [0, 0.1) is 0 Å². The molecule has 1 unspecified atom stereocenters. The van der Waals surface area contributed by atoms with Crippen molar-refractivity contribution in [2.75, 3.05) is 0 Å². The van der Waals surface area contributed by atoms with Gasteiger partial charge in [0, 0.05) is 12.0 Å². The lowest BCUT2D eigenvalue weighted by molar-refractivity contribution is 0.509. The number of aromatic nitrogens is 3. The minimum absolute atomic E-state index is 0.415. The Bertz CT molecular complexity index is 304. The number of hydrogen-bond acceptors (Lipinski definition) is 2. The van der Waals surface area contributed by atoms with Crippen molar-refractivity contribution in [2.45, 2.75) is 45.1 Å². The molecule has 0 bridgehead atoms. The van der Waals surface area contributed by atoms with E-state index in [4.69, 9.17) is 11.6 Å². The minimum atomic E-state index is 0.415. The van der Waals surface area contributed by atoms with E-state index in [0.717, 1.165) is 12.2 Å². The molecule has 1 aliphatic rings. The molecule has 3 nitrogen and oxygen atoms in total. The number of nitrogens with zero attached hydrogens (tertiary/aromatic N) is 3. The zero-order chi connectivity index (χ0) is 9.42. The van der Waals surface area contributed by atoms with E-state index in [1.54, 1.807) is 0 Å². The quantitative estimate of drug-likeness (QED) is 0.750. The standard InChI is InChI=1S/C9H14ClN3/c1-3-6(2)13-8(7-4-5-7)11-12-9(13)10/h6-7H,3-5H2,1-2H3. The number of rotatable bonds is 3. The Labute approximate surface area is 83.1 Å². The van der Waals surface area contributed by atoms with E-state index < -0.39 is 0 Å². The van der Waals surface area contributed by atoms with Gasteiger partial charge in [-0.2, -0.15) is 0 Å². The Kier molecular flexibility index (Phi) is 2.28. The highest BCUT2D eigenvalue weighted by molar-refractivity contribution is 6.28.